The molecule has 15 heavy (non-hydrogen) atoms. The second-order valence-electron chi connectivity index (χ2n) is 4.61. The van der Waals surface area contributed by atoms with Gasteiger partial charge in [-0.05, 0) is 31.8 Å². The Bertz CT molecular complexity index is 312. The summed E-state index contributed by atoms with van der Waals surface area (Å²) < 4.78 is 0. The van der Waals surface area contributed by atoms with Crippen molar-refractivity contribution >= 4 is 11.3 Å². The van der Waals surface area contributed by atoms with Crippen LogP contribution in [0.3, 0.4) is 0 Å². The minimum Gasteiger partial charge on any atom is -0.308 e. The molecule has 2 fully saturated rings. The second kappa shape index (κ2) is 4.20. The third-order valence-electron chi connectivity index (χ3n) is 3.66. The molecule has 0 aliphatic carbocycles. The van der Waals surface area contributed by atoms with Crippen LogP contribution in [0, 0.1) is 5.92 Å². The van der Waals surface area contributed by atoms with Gasteiger partial charge >= 0.3 is 0 Å². The smallest absolute Gasteiger partial charge is 0.0795 e. The lowest BCUT2D eigenvalue weighted by Gasteiger charge is -2.30. The van der Waals surface area contributed by atoms with E-state index in [1.54, 1.807) is 11.3 Å². The van der Waals surface area contributed by atoms with Crippen LogP contribution < -0.4 is 5.32 Å². The van der Waals surface area contributed by atoms with E-state index < -0.39 is 0 Å². The molecule has 0 saturated carbocycles. The fourth-order valence-corrected chi connectivity index (χ4v) is 3.34. The van der Waals surface area contributed by atoms with Crippen LogP contribution in [0.1, 0.15) is 18.5 Å². The van der Waals surface area contributed by atoms with Gasteiger partial charge in [-0.2, -0.15) is 0 Å². The van der Waals surface area contributed by atoms with Crippen molar-refractivity contribution in [3.05, 3.63) is 16.6 Å². The van der Waals surface area contributed by atoms with Gasteiger partial charge in [0.15, 0.2) is 0 Å². The molecule has 2 aliphatic heterocycles. The molecule has 3 atom stereocenters. The molecule has 3 unspecified atom stereocenters. The van der Waals surface area contributed by atoms with E-state index in [0.717, 1.165) is 18.5 Å². The van der Waals surface area contributed by atoms with Gasteiger partial charge in [0.1, 0.15) is 0 Å². The van der Waals surface area contributed by atoms with Gasteiger partial charge in [0, 0.05) is 24.5 Å². The van der Waals surface area contributed by atoms with Gasteiger partial charge in [-0.3, -0.25) is 0 Å². The lowest BCUT2D eigenvalue weighted by atomic mass is 9.94. The van der Waals surface area contributed by atoms with Crippen LogP contribution in [0.2, 0.25) is 0 Å². The number of nitrogens with one attached hydrogen (secondary N) is 1. The van der Waals surface area contributed by atoms with Crippen molar-refractivity contribution in [1.29, 1.82) is 0 Å². The van der Waals surface area contributed by atoms with E-state index in [4.69, 9.17) is 0 Å². The van der Waals surface area contributed by atoms with Gasteiger partial charge in [0.2, 0.25) is 0 Å². The molecule has 4 heteroatoms. The summed E-state index contributed by atoms with van der Waals surface area (Å²) in [5.41, 5.74) is 3.11. The van der Waals surface area contributed by atoms with Crippen LogP contribution in [-0.4, -0.2) is 35.6 Å². The number of fused-ring (bicyclic) bond motifs is 2. The maximum Gasteiger partial charge on any atom is 0.0795 e. The molecule has 3 heterocycles. The Hall–Kier alpha value is -0.450. The zero-order valence-corrected chi connectivity index (χ0v) is 9.67. The average molecular weight is 223 g/mol. The summed E-state index contributed by atoms with van der Waals surface area (Å²) >= 11 is 1.68. The highest BCUT2D eigenvalue weighted by Gasteiger charge is 2.33. The Kier molecular flexibility index (Phi) is 2.73. The van der Waals surface area contributed by atoms with Gasteiger partial charge in [-0.15, -0.1) is 11.3 Å². The third kappa shape index (κ3) is 2.07. The normalized spacial score (nSPS) is 34.5. The first-order chi connectivity index (χ1) is 7.42. The van der Waals surface area contributed by atoms with Gasteiger partial charge in [-0.1, -0.05) is 0 Å². The molecule has 1 N–H and O–H groups in total. The molecule has 82 valence electrons. The Labute approximate surface area is 94.5 Å². The molecule has 1 aromatic rings. The molecule has 2 saturated heterocycles. The van der Waals surface area contributed by atoms with Gasteiger partial charge in [0.25, 0.3) is 0 Å². The number of thiazole rings is 1. The Morgan fingerprint density at radius 1 is 1.47 bits per heavy atom. The van der Waals surface area contributed by atoms with Crippen molar-refractivity contribution < 1.29 is 0 Å². The standard InChI is InChI=1S/C11H17N3S/c1-3-14-4-2-11(9(1)6-14)12-5-10-7-15-8-13-10/h7-9,11-12H,1-6H2. The van der Waals surface area contributed by atoms with Crippen molar-refractivity contribution in [2.75, 3.05) is 19.6 Å². The molecule has 3 rings (SSSR count). The number of piperidine rings is 1. The summed E-state index contributed by atoms with van der Waals surface area (Å²) in [4.78, 5) is 6.90. The molecular formula is C11H17N3S. The van der Waals surface area contributed by atoms with Crippen molar-refractivity contribution in [2.24, 2.45) is 5.92 Å². The first-order valence-electron chi connectivity index (χ1n) is 5.74. The van der Waals surface area contributed by atoms with Crippen molar-refractivity contribution in [3.63, 3.8) is 0 Å². The first-order valence-corrected chi connectivity index (χ1v) is 6.69. The lowest BCUT2D eigenvalue weighted by Crippen LogP contribution is -2.43. The summed E-state index contributed by atoms with van der Waals surface area (Å²) in [6, 6.07) is 0.727. The topological polar surface area (TPSA) is 28.2 Å². The summed E-state index contributed by atoms with van der Waals surface area (Å²) in [5.74, 6) is 0.886. The SMILES string of the molecule is c1nc(CNC2CCN3CCC2C3)cs1. The van der Waals surface area contributed by atoms with Crippen LogP contribution in [-0.2, 0) is 6.54 Å². The predicted molar refractivity (Wildman–Crippen MR) is 61.9 cm³/mol. The molecule has 2 aliphatic rings. The molecule has 0 spiro atoms. The van der Waals surface area contributed by atoms with E-state index >= 15 is 0 Å². The Morgan fingerprint density at radius 2 is 2.40 bits per heavy atom. The highest BCUT2D eigenvalue weighted by atomic mass is 32.1. The fourth-order valence-electron chi connectivity index (χ4n) is 2.78. The molecule has 0 radical (unpaired) electrons. The van der Waals surface area contributed by atoms with Gasteiger partial charge in [0.05, 0.1) is 11.2 Å². The molecular weight excluding hydrogens is 206 g/mol. The van der Waals surface area contributed by atoms with Crippen LogP contribution in [0.5, 0.6) is 0 Å². The van der Waals surface area contributed by atoms with Crippen LogP contribution in [0.25, 0.3) is 0 Å². The second-order valence-corrected chi connectivity index (χ2v) is 5.32. The minimum absolute atomic E-state index is 0.727. The number of hydrogen-bond acceptors (Lipinski definition) is 4. The van der Waals surface area contributed by atoms with E-state index in [1.807, 2.05) is 5.51 Å². The van der Waals surface area contributed by atoms with E-state index in [2.05, 4.69) is 20.6 Å². The maximum atomic E-state index is 4.31. The molecule has 1 aromatic heterocycles. The molecule has 3 nitrogen and oxygen atoms in total. The van der Waals surface area contributed by atoms with E-state index in [0.29, 0.717) is 0 Å². The lowest BCUT2D eigenvalue weighted by molar-refractivity contribution is 0.220. The highest BCUT2D eigenvalue weighted by Crippen LogP contribution is 2.27. The zero-order valence-electron chi connectivity index (χ0n) is 8.85. The van der Waals surface area contributed by atoms with E-state index in [-0.39, 0.29) is 0 Å². The number of aromatic nitrogens is 1. The predicted octanol–water partition coefficient (Wildman–Crippen LogP) is 1.33. The van der Waals surface area contributed by atoms with Gasteiger partial charge < -0.3 is 10.2 Å². The zero-order chi connectivity index (χ0) is 10.1. The summed E-state index contributed by atoms with van der Waals surface area (Å²) in [7, 11) is 0. The van der Waals surface area contributed by atoms with E-state index in [9.17, 15) is 0 Å². The summed E-state index contributed by atoms with van der Waals surface area (Å²) in [6.45, 7) is 4.87. The quantitative estimate of drug-likeness (QED) is 0.838. The van der Waals surface area contributed by atoms with Gasteiger partial charge in [-0.25, -0.2) is 4.98 Å². The van der Waals surface area contributed by atoms with Crippen molar-refractivity contribution in [1.82, 2.24) is 15.2 Å². The largest absolute Gasteiger partial charge is 0.308 e. The van der Waals surface area contributed by atoms with Crippen molar-refractivity contribution in [2.45, 2.75) is 25.4 Å². The maximum absolute atomic E-state index is 4.31. The highest BCUT2D eigenvalue weighted by molar-refractivity contribution is 7.07. The number of hydrogen-bond donors (Lipinski definition) is 1. The van der Waals surface area contributed by atoms with E-state index in [1.165, 1.54) is 38.2 Å². The molecule has 0 amide bonds. The number of nitrogens with zero attached hydrogens (tertiary/aromatic N) is 2. The molecule has 2 bridgehead atoms. The number of rotatable bonds is 3. The summed E-state index contributed by atoms with van der Waals surface area (Å²) in [6.07, 6.45) is 2.70. The van der Waals surface area contributed by atoms with Crippen LogP contribution in [0.15, 0.2) is 10.9 Å². The first kappa shape index (κ1) is 9.75. The molecule has 0 aromatic carbocycles. The monoisotopic (exact) mass is 223 g/mol. The fraction of sp³-hybridized carbons (Fsp3) is 0.727. The third-order valence-corrected chi connectivity index (χ3v) is 4.30. The summed E-state index contributed by atoms with van der Waals surface area (Å²) in [5, 5.41) is 5.80. The van der Waals surface area contributed by atoms with Crippen molar-refractivity contribution in [3.8, 4) is 0 Å². The average Bonchev–Trinajstić information content (AvgIpc) is 2.88. The van der Waals surface area contributed by atoms with Crippen LogP contribution >= 0.6 is 11.3 Å². The Balaban J connectivity index is 1.55. The minimum atomic E-state index is 0.727. The Morgan fingerprint density at radius 3 is 3.27 bits per heavy atom. The van der Waals surface area contributed by atoms with Crippen LogP contribution in [0.4, 0.5) is 0 Å².